The molecule has 0 saturated heterocycles. The van der Waals surface area contributed by atoms with Crippen molar-refractivity contribution >= 4 is 22.9 Å². The van der Waals surface area contributed by atoms with Gasteiger partial charge >= 0.3 is 6.18 Å². The van der Waals surface area contributed by atoms with E-state index in [0.717, 1.165) is 34.3 Å². The summed E-state index contributed by atoms with van der Waals surface area (Å²) in [6.45, 7) is 11.4. The molecular weight excluding hydrogens is 677 g/mol. The van der Waals surface area contributed by atoms with Crippen molar-refractivity contribution < 1.29 is 37.1 Å². The Balaban J connectivity index is 1.25. The molecule has 0 saturated carbocycles. The van der Waals surface area contributed by atoms with Gasteiger partial charge in [-0.25, -0.2) is 0 Å². The summed E-state index contributed by atoms with van der Waals surface area (Å²) in [7, 11) is 0. The van der Waals surface area contributed by atoms with Crippen LogP contribution in [0.15, 0.2) is 132 Å². The Labute approximate surface area is 307 Å². The Kier molecular flexibility index (Phi) is 9.08. The predicted molar refractivity (Wildman–Crippen MR) is 201 cm³/mol. The number of nitrogens with zero attached hydrogens (tertiary/aromatic N) is 2. The highest BCUT2D eigenvalue weighted by Gasteiger charge is 2.48. The van der Waals surface area contributed by atoms with E-state index >= 15 is 0 Å². The number of carbonyl (C=O) groups is 1. The molecule has 4 aromatic rings. The van der Waals surface area contributed by atoms with E-state index in [1.807, 2.05) is 86.0 Å². The Bertz CT molecular complexity index is 2210. The minimum Gasteiger partial charge on any atom is -0.506 e. The highest BCUT2D eigenvalue weighted by Crippen LogP contribution is 2.50. The Morgan fingerprint density at radius 1 is 0.792 bits per heavy atom. The van der Waals surface area contributed by atoms with Crippen molar-refractivity contribution in [2.45, 2.75) is 51.6 Å². The van der Waals surface area contributed by atoms with Crippen molar-refractivity contribution in [2.75, 3.05) is 31.2 Å². The van der Waals surface area contributed by atoms with Crippen LogP contribution in [0.25, 0.3) is 0 Å². The Morgan fingerprint density at radius 3 is 2.06 bits per heavy atom. The normalized spacial score (nSPS) is 18.8. The number of para-hydroxylation sites is 2. The number of alkyl halides is 3. The van der Waals surface area contributed by atoms with Gasteiger partial charge in [-0.05, 0) is 74.9 Å². The van der Waals surface area contributed by atoms with Crippen LogP contribution in [0.2, 0.25) is 0 Å². The molecule has 9 heteroatoms. The molecule has 0 radical (unpaired) electrons. The molecule has 6 nitrogen and oxygen atoms in total. The maximum Gasteiger partial charge on any atom is 0.416 e. The molecular formula is C44H42F3N2O4+. The van der Waals surface area contributed by atoms with Crippen molar-refractivity contribution in [1.29, 1.82) is 0 Å². The lowest BCUT2D eigenvalue weighted by atomic mass is 9.77. The molecule has 53 heavy (non-hydrogen) atoms. The van der Waals surface area contributed by atoms with Crippen LogP contribution in [-0.4, -0.2) is 47.5 Å². The van der Waals surface area contributed by atoms with E-state index in [2.05, 4.69) is 36.9 Å². The molecule has 2 heterocycles. The van der Waals surface area contributed by atoms with Gasteiger partial charge in [0.1, 0.15) is 30.5 Å². The number of Topliss-reactive ketones (excluding diaryl/α,β-unsaturated/α-hetero) is 1. The van der Waals surface area contributed by atoms with E-state index < -0.39 is 22.6 Å². The van der Waals surface area contributed by atoms with Gasteiger partial charge in [0.2, 0.25) is 11.5 Å². The number of aliphatic hydroxyl groups excluding tert-OH is 1. The SMILES string of the molecule is Cc1ccc2c(c1)C(C)(C)/C(=C/C1=C(O)C(=C\C3=[N+](CCOc4ccccc4)c4ccc(C(F)(F)F)cc4C3(C)C)/C1=O)N2CCOc1ccccc1. The number of aryl methyl sites for hydroxylation is 1. The standard InChI is InChI=1S/C44H41F3N2O4/c1-28-16-18-36-34(24-28)42(2,3)38(48(36)20-22-52-30-12-8-6-9-13-30)26-32-40(50)33(41(32)51)27-39-43(4,5)35-25-29(44(45,46)47)17-19-37(35)49(39)21-23-53-31-14-10-7-11-15-31/h6-19,24-27H,20-23H2,1-5H3/p+1. The molecule has 7 rings (SSSR count). The minimum atomic E-state index is -4.52. The monoisotopic (exact) mass is 719 g/mol. The zero-order chi connectivity index (χ0) is 37.7. The molecule has 0 unspecified atom stereocenters. The number of allylic oxidation sites excluding steroid dienone is 5. The van der Waals surface area contributed by atoms with Crippen LogP contribution in [-0.2, 0) is 21.8 Å². The van der Waals surface area contributed by atoms with Gasteiger partial charge in [-0.15, -0.1) is 0 Å². The van der Waals surface area contributed by atoms with Gasteiger partial charge in [-0.1, -0.05) is 67.9 Å². The van der Waals surface area contributed by atoms with Crippen molar-refractivity contribution in [3.05, 3.63) is 154 Å². The van der Waals surface area contributed by atoms with E-state index in [1.165, 1.54) is 12.1 Å². The topological polar surface area (TPSA) is 62.0 Å². The predicted octanol–water partition coefficient (Wildman–Crippen LogP) is 9.55. The van der Waals surface area contributed by atoms with Gasteiger partial charge in [-0.2, -0.15) is 17.7 Å². The van der Waals surface area contributed by atoms with E-state index in [9.17, 15) is 23.1 Å². The lowest BCUT2D eigenvalue weighted by Crippen LogP contribution is -2.33. The second-order valence-corrected chi connectivity index (χ2v) is 14.7. The summed E-state index contributed by atoms with van der Waals surface area (Å²) in [5, 5.41) is 11.5. The first-order valence-electron chi connectivity index (χ1n) is 17.7. The van der Waals surface area contributed by atoms with Crippen LogP contribution in [0.5, 0.6) is 11.5 Å². The lowest BCUT2D eigenvalue weighted by Gasteiger charge is -2.29. The summed E-state index contributed by atoms with van der Waals surface area (Å²) in [5.41, 5.74) is 3.89. The van der Waals surface area contributed by atoms with Crippen LogP contribution in [0, 0.1) is 6.92 Å². The smallest absolute Gasteiger partial charge is 0.416 e. The molecule has 2 aliphatic heterocycles. The zero-order valence-electron chi connectivity index (χ0n) is 30.4. The summed E-state index contributed by atoms with van der Waals surface area (Å²) in [6, 6.07) is 28.9. The summed E-state index contributed by atoms with van der Waals surface area (Å²) in [4.78, 5) is 16.1. The molecule has 1 N–H and O–H groups in total. The fourth-order valence-corrected chi connectivity index (χ4v) is 7.57. The van der Waals surface area contributed by atoms with Crippen LogP contribution in [0.3, 0.4) is 0 Å². The number of rotatable bonds is 10. The number of anilines is 1. The van der Waals surface area contributed by atoms with Crippen molar-refractivity contribution in [3.63, 3.8) is 0 Å². The number of fused-ring (bicyclic) bond motifs is 2. The largest absolute Gasteiger partial charge is 0.506 e. The first kappa shape index (κ1) is 35.8. The molecule has 4 aromatic carbocycles. The van der Waals surface area contributed by atoms with Crippen LogP contribution in [0.1, 0.15) is 49.9 Å². The molecule has 0 aromatic heterocycles. The average molecular weight is 720 g/mol. The average Bonchev–Trinajstić information content (AvgIpc) is 3.47. The lowest BCUT2D eigenvalue weighted by molar-refractivity contribution is -0.439. The fourth-order valence-electron chi connectivity index (χ4n) is 7.57. The number of benzene rings is 4. The number of aliphatic hydroxyl groups is 1. The summed E-state index contributed by atoms with van der Waals surface area (Å²) < 4.78 is 55.5. The zero-order valence-corrected chi connectivity index (χ0v) is 30.4. The van der Waals surface area contributed by atoms with E-state index in [1.54, 1.807) is 12.2 Å². The fraction of sp³-hybridized carbons (Fsp3) is 0.273. The van der Waals surface area contributed by atoms with E-state index in [4.69, 9.17) is 9.47 Å². The molecule has 272 valence electrons. The Hall–Kier alpha value is -5.57. The first-order chi connectivity index (χ1) is 25.2. The molecule has 0 amide bonds. The molecule has 0 atom stereocenters. The highest BCUT2D eigenvalue weighted by atomic mass is 19.4. The van der Waals surface area contributed by atoms with E-state index in [0.29, 0.717) is 42.4 Å². The maximum atomic E-state index is 14.0. The molecule has 3 aliphatic rings. The molecule has 0 bridgehead atoms. The van der Waals surface area contributed by atoms with Crippen molar-refractivity contribution in [3.8, 4) is 11.5 Å². The number of hydrogen-bond acceptors (Lipinski definition) is 5. The summed E-state index contributed by atoms with van der Waals surface area (Å²) in [5.74, 6) is 0.934. The minimum absolute atomic E-state index is 0.112. The quantitative estimate of drug-likeness (QED) is 0.131. The van der Waals surface area contributed by atoms with Gasteiger partial charge in [0.25, 0.3) is 0 Å². The second kappa shape index (κ2) is 13.4. The molecule has 0 spiro atoms. The van der Waals surface area contributed by atoms with Gasteiger partial charge < -0.3 is 19.5 Å². The van der Waals surface area contributed by atoms with E-state index in [-0.39, 0.29) is 29.3 Å². The number of halogens is 3. The molecule has 0 fully saturated rings. The summed E-state index contributed by atoms with van der Waals surface area (Å²) in [6.07, 6.45) is -1.12. The van der Waals surface area contributed by atoms with Gasteiger partial charge in [0.15, 0.2) is 12.3 Å². The Morgan fingerprint density at radius 2 is 1.43 bits per heavy atom. The van der Waals surface area contributed by atoms with Crippen molar-refractivity contribution in [2.24, 2.45) is 0 Å². The highest BCUT2D eigenvalue weighted by molar-refractivity contribution is 6.24. The third kappa shape index (κ3) is 6.53. The first-order valence-corrected chi connectivity index (χ1v) is 17.7. The number of ketones is 1. The molecule has 1 aliphatic carbocycles. The van der Waals surface area contributed by atoms with Crippen LogP contribution in [0.4, 0.5) is 24.5 Å². The van der Waals surface area contributed by atoms with Gasteiger partial charge in [-0.3, -0.25) is 4.79 Å². The van der Waals surface area contributed by atoms with Gasteiger partial charge in [0, 0.05) is 34.5 Å². The number of ether oxygens (including phenoxy) is 2. The van der Waals surface area contributed by atoms with Crippen molar-refractivity contribution in [1.82, 2.24) is 0 Å². The van der Waals surface area contributed by atoms with Crippen LogP contribution < -0.4 is 14.4 Å². The second-order valence-electron chi connectivity index (χ2n) is 14.7. The third-order valence-electron chi connectivity index (χ3n) is 10.5. The van der Waals surface area contributed by atoms with Crippen LogP contribution >= 0.6 is 0 Å². The number of hydrogen-bond donors (Lipinski definition) is 1. The van der Waals surface area contributed by atoms with Gasteiger partial charge in [0.05, 0.1) is 28.7 Å². The summed E-state index contributed by atoms with van der Waals surface area (Å²) >= 11 is 0. The third-order valence-corrected chi connectivity index (χ3v) is 10.5. The maximum absolute atomic E-state index is 14.0. The number of carbonyl (C=O) groups excluding carboxylic acids is 1.